The van der Waals surface area contributed by atoms with E-state index in [4.69, 9.17) is 5.48 Å². The zero-order valence-electron chi connectivity index (χ0n) is 14.1. The van der Waals surface area contributed by atoms with Gasteiger partial charge in [-0.15, -0.1) is 11.3 Å². The monoisotopic (exact) mass is 267 g/mol. The molecule has 1 aromatic heterocycles. The Kier molecular flexibility index (Phi) is 1.73. The molecule has 92 valence electrons. The van der Waals surface area contributed by atoms with Crippen LogP contribution in [0, 0.1) is 0 Å². The van der Waals surface area contributed by atoms with Crippen molar-refractivity contribution >= 4 is 37.2 Å². The average molecular weight is 267 g/mol. The Morgan fingerprint density at radius 2 is 2.00 bits per heavy atom. The van der Waals surface area contributed by atoms with Gasteiger partial charge in [-0.05, 0) is 30.5 Å². The molecule has 2 heteroatoms. The fraction of sp³-hybridized carbons (Fsp3) is 0.118. The van der Waals surface area contributed by atoms with Crippen molar-refractivity contribution < 1.29 is 5.48 Å². The van der Waals surface area contributed by atoms with Crippen molar-refractivity contribution in [1.82, 2.24) is 0 Å². The number of hydrogen-bond acceptors (Lipinski definition) is 2. The summed E-state index contributed by atoms with van der Waals surface area (Å²) in [5.74, 6) is 0. The Balaban J connectivity index is 1.89. The molecule has 4 rings (SSSR count). The molecule has 0 radical (unpaired) electrons. The lowest BCUT2D eigenvalue weighted by atomic mass is 10.0. The minimum atomic E-state index is -1.05. The Labute approximate surface area is 121 Å². The summed E-state index contributed by atoms with van der Waals surface area (Å²) in [6.45, 7) is 0. The number of allylic oxidation sites excluding steroid dienone is 1. The number of benzene rings is 2. The highest BCUT2D eigenvalue weighted by atomic mass is 32.1. The van der Waals surface area contributed by atoms with Crippen molar-refractivity contribution in [3.8, 4) is 0 Å². The maximum atomic E-state index is 8.16. The number of thiophene rings is 1. The van der Waals surface area contributed by atoms with Crippen LogP contribution < -0.4 is 0 Å². The third-order valence-electron chi connectivity index (χ3n) is 3.24. The van der Waals surface area contributed by atoms with Gasteiger partial charge in [-0.25, -0.2) is 0 Å². The van der Waals surface area contributed by atoms with Crippen molar-refractivity contribution in [3.05, 3.63) is 60.3 Å². The molecule has 0 spiro atoms. The minimum absolute atomic E-state index is 0.184. The third kappa shape index (κ3) is 1.80. The lowest BCUT2D eigenvalue weighted by Crippen LogP contribution is -2.01. The van der Waals surface area contributed by atoms with E-state index in [1.54, 1.807) is 11.3 Å². The zero-order chi connectivity index (χ0) is 16.1. The van der Waals surface area contributed by atoms with Crippen LogP contribution in [0.5, 0.6) is 0 Å². The van der Waals surface area contributed by atoms with Gasteiger partial charge < -0.3 is 0 Å². The van der Waals surface area contributed by atoms with E-state index in [-0.39, 0.29) is 12.2 Å². The molecule has 0 saturated heterocycles. The molecule has 3 aromatic rings. The van der Waals surface area contributed by atoms with Crippen LogP contribution in [0.4, 0.5) is 0 Å². The van der Waals surface area contributed by atoms with E-state index in [0.29, 0.717) is 5.71 Å². The average Bonchev–Trinajstić information content (AvgIpc) is 2.94. The second-order valence-corrected chi connectivity index (χ2v) is 5.48. The molecule has 0 N–H and O–H groups in total. The molecule has 19 heavy (non-hydrogen) atoms. The van der Waals surface area contributed by atoms with Crippen molar-refractivity contribution in [2.24, 2.45) is 4.99 Å². The molecule has 0 aliphatic carbocycles. The molecule has 2 aromatic carbocycles. The summed E-state index contributed by atoms with van der Waals surface area (Å²) in [5, 5.41) is 2.37. The van der Waals surface area contributed by atoms with Gasteiger partial charge in [0.05, 0.1) is 2.74 Å². The molecule has 1 aliphatic rings. The summed E-state index contributed by atoms with van der Waals surface area (Å²) < 4.78 is 33.8. The fourth-order valence-electron chi connectivity index (χ4n) is 2.33. The lowest BCUT2D eigenvalue weighted by molar-refractivity contribution is 1.06. The van der Waals surface area contributed by atoms with E-state index >= 15 is 0 Å². The highest BCUT2D eigenvalue weighted by Crippen LogP contribution is 2.34. The summed E-state index contributed by atoms with van der Waals surface area (Å²) in [6.07, 6.45) is -2.18. The maximum absolute atomic E-state index is 8.16. The predicted octanol–water partition coefficient (Wildman–Crippen LogP) is 5.15. The normalized spacial score (nSPS) is 26.8. The van der Waals surface area contributed by atoms with Gasteiger partial charge in [0.25, 0.3) is 0 Å². The summed E-state index contributed by atoms with van der Waals surface area (Å²) in [4.78, 5) is 4.10. The highest BCUT2D eigenvalue weighted by Gasteiger charge is 2.09. The van der Waals surface area contributed by atoms with Gasteiger partial charge >= 0.3 is 0 Å². The SMILES string of the molecule is [2H]C1=C([2H])C([2H])C([2H])C(c2ccc3c(c2)sc2ccccc23)=N1. The maximum Gasteiger partial charge on any atom is 0.0836 e. The fourth-order valence-corrected chi connectivity index (χ4v) is 3.48. The van der Waals surface area contributed by atoms with Crippen LogP contribution in [0.1, 0.15) is 23.8 Å². The smallest absolute Gasteiger partial charge is 0.0836 e. The largest absolute Gasteiger partial charge is 0.261 e. The van der Waals surface area contributed by atoms with Crippen molar-refractivity contribution in [2.75, 3.05) is 0 Å². The number of hydrogen-bond donors (Lipinski definition) is 0. The van der Waals surface area contributed by atoms with Gasteiger partial charge in [0.15, 0.2) is 0 Å². The Hall–Kier alpha value is -1.93. The summed E-state index contributed by atoms with van der Waals surface area (Å²) in [6, 6.07) is 13.9. The number of rotatable bonds is 1. The molecule has 2 heterocycles. The number of fused-ring (bicyclic) bond motifs is 3. The zero-order valence-corrected chi connectivity index (χ0v) is 10.9. The van der Waals surface area contributed by atoms with E-state index in [1.807, 2.05) is 30.3 Å². The second kappa shape index (κ2) is 4.32. The number of nitrogens with zero attached hydrogens (tertiary/aromatic N) is 1. The van der Waals surface area contributed by atoms with Gasteiger partial charge in [0.2, 0.25) is 0 Å². The molecule has 1 aliphatic heterocycles. The minimum Gasteiger partial charge on any atom is -0.261 e. The predicted molar refractivity (Wildman–Crippen MR) is 84.2 cm³/mol. The first-order chi connectivity index (χ1) is 11.1. The van der Waals surface area contributed by atoms with Crippen molar-refractivity contribution in [3.63, 3.8) is 0 Å². The topological polar surface area (TPSA) is 12.4 Å². The summed E-state index contributed by atoms with van der Waals surface area (Å²) >= 11 is 1.68. The highest BCUT2D eigenvalue weighted by molar-refractivity contribution is 7.25. The van der Waals surface area contributed by atoms with Crippen molar-refractivity contribution in [2.45, 2.75) is 12.8 Å². The van der Waals surface area contributed by atoms with Gasteiger partial charge in [0.1, 0.15) is 0 Å². The molecule has 0 fully saturated rings. The van der Waals surface area contributed by atoms with Crippen molar-refractivity contribution in [1.29, 1.82) is 0 Å². The Morgan fingerprint density at radius 1 is 1.11 bits per heavy atom. The molecular formula is C17H13NS. The van der Waals surface area contributed by atoms with Crippen LogP contribution in [-0.2, 0) is 0 Å². The Bertz CT molecular complexity index is 989. The lowest BCUT2D eigenvalue weighted by Gasteiger charge is -2.07. The van der Waals surface area contributed by atoms with Gasteiger partial charge in [0, 0.05) is 34.8 Å². The van der Waals surface area contributed by atoms with Crippen LogP contribution in [0.2, 0.25) is 0 Å². The standard InChI is InChI=1S/C17H13NS/c1-2-7-16-13(5-1)14-9-8-12(11-17(14)19-16)15-6-3-4-10-18-15/h1-2,4-5,7-11H,3,6H2/i3D,4D,6D,10D. The first kappa shape index (κ1) is 7.61. The van der Waals surface area contributed by atoms with E-state index in [1.165, 1.54) is 10.1 Å². The first-order valence-electron chi connectivity index (χ1n) is 8.24. The second-order valence-electron chi connectivity index (χ2n) is 4.40. The molecule has 0 saturated carbocycles. The summed E-state index contributed by atoms with van der Waals surface area (Å²) in [7, 11) is 0. The van der Waals surface area contributed by atoms with E-state index in [0.717, 1.165) is 15.6 Å². The van der Waals surface area contributed by atoms with E-state index in [2.05, 4.69) is 17.1 Å². The van der Waals surface area contributed by atoms with Crippen LogP contribution in [0.3, 0.4) is 0 Å². The Morgan fingerprint density at radius 3 is 3.00 bits per heavy atom. The summed E-state index contributed by atoms with van der Waals surface area (Å²) in [5.41, 5.74) is 1.17. The van der Waals surface area contributed by atoms with Gasteiger partial charge in [-0.1, -0.05) is 36.4 Å². The molecule has 2 atom stereocenters. The van der Waals surface area contributed by atoms with E-state index in [9.17, 15) is 0 Å². The first-order valence-corrected chi connectivity index (χ1v) is 6.90. The van der Waals surface area contributed by atoms with Gasteiger partial charge in [-0.3, -0.25) is 4.99 Å². The molecule has 0 bridgehead atoms. The molecule has 1 nitrogen and oxygen atoms in total. The van der Waals surface area contributed by atoms with Crippen LogP contribution >= 0.6 is 11.3 Å². The van der Waals surface area contributed by atoms with Gasteiger partial charge in [-0.2, -0.15) is 0 Å². The molecule has 2 unspecified atom stereocenters. The molecular weight excluding hydrogens is 250 g/mol. The van der Waals surface area contributed by atoms with Crippen LogP contribution in [-0.4, -0.2) is 5.71 Å². The van der Waals surface area contributed by atoms with Crippen LogP contribution in [0.25, 0.3) is 20.2 Å². The number of aliphatic imine (C=N–C) groups is 1. The van der Waals surface area contributed by atoms with E-state index < -0.39 is 12.8 Å². The molecule has 0 amide bonds. The quantitative estimate of drug-likeness (QED) is 0.578. The third-order valence-corrected chi connectivity index (χ3v) is 4.37. The van der Waals surface area contributed by atoms with Crippen LogP contribution in [0.15, 0.2) is 59.7 Å².